The lowest BCUT2D eigenvalue weighted by atomic mass is 10.0. The van der Waals surface area contributed by atoms with E-state index in [1.807, 2.05) is 18.2 Å². The molecule has 0 radical (unpaired) electrons. The number of fused-ring (bicyclic) bond motifs is 2. The van der Waals surface area contributed by atoms with E-state index in [1.165, 1.54) is 18.2 Å². The summed E-state index contributed by atoms with van der Waals surface area (Å²) in [5.74, 6) is -0.664. The van der Waals surface area contributed by atoms with E-state index in [0.717, 1.165) is 16.7 Å². The predicted octanol–water partition coefficient (Wildman–Crippen LogP) is 2.84. The van der Waals surface area contributed by atoms with Crippen LogP contribution in [-0.4, -0.2) is 25.9 Å². The molecular weight excluding hydrogens is 417 g/mol. The summed E-state index contributed by atoms with van der Waals surface area (Å²) in [5, 5.41) is 5.26. The van der Waals surface area contributed by atoms with Crippen molar-refractivity contribution in [3.8, 4) is 11.3 Å². The van der Waals surface area contributed by atoms with Crippen molar-refractivity contribution in [1.82, 2.24) is 4.98 Å². The van der Waals surface area contributed by atoms with Crippen molar-refractivity contribution < 1.29 is 17.6 Å². The minimum Gasteiger partial charge on any atom is -0.312 e. The molecule has 1 aliphatic heterocycles. The van der Waals surface area contributed by atoms with Gasteiger partial charge in [0.05, 0.1) is 4.90 Å². The molecule has 8 heteroatoms. The van der Waals surface area contributed by atoms with Crippen molar-refractivity contribution in [3.05, 3.63) is 77.2 Å². The lowest BCUT2D eigenvalue weighted by Gasteiger charge is -2.21. The maximum atomic E-state index is 14.1. The summed E-state index contributed by atoms with van der Waals surface area (Å²) in [4.78, 5) is 19.1. The first-order valence-corrected chi connectivity index (χ1v) is 11.6. The van der Waals surface area contributed by atoms with Gasteiger partial charge in [0.25, 0.3) is 0 Å². The van der Waals surface area contributed by atoms with Crippen molar-refractivity contribution in [2.24, 2.45) is 11.1 Å². The van der Waals surface area contributed by atoms with Crippen molar-refractivity contribution >= 4 is 21.6 Å². The summed E-state index contributed by atoms with van der Waals surface area (Å²) >= 11 is 0. The van der Waals surface area contributed by atoms with Crippen LogP contribution in [0.25, 0.3) is 11.3 Å². The molecule has 5 rings (SSSR count). The molecule has 1 atom stereocenters. The number of hydrogen-bond donors (Lipinski definition) is 1. The maximum absolute atomic E-state index is 14.1. The number of rotatable bonds is 3. The Balaban J connectivity index is 1.40. The Morgan fingerprint density at radius 2 is 1.84 bits per heavy atom. The van der Waals surface area contributed by atoms with Gasteiger partial charge in [-0.3, -0.25) is 9.78 Å². The van der Waals surface area contributed by atoms with Crippen LogP contribution in [-0.2, 0) is 34.1 Å². The Bertz CT molecular complexity index is 1320. The number of sulfonamides is 1. The van der Waals surface area contributed by atoms with Gasteiger partial charge in [-0.25, -0.2) is 17.9 Å². The molecule has 158 valence electrons. The second kappa shape index (κ2) is 7.25. The molecule has 0 spiro atoms. The quantitative estimate of drug-likeness (QED) is 0.682. The van der Waals surface area contributed by atoms with Crippen LogP contribution in [0.15, 0.2) is 59.6 Å². The summed E-state index contributed by atoms with van der Waals surface area (Å²) in [6.07, 6.45) is 3.38. The SMILES string of the molecule is NS(=O)(=O)c1ccc2c(c1)N(C(=O)[C@@H]1Cc3ccc(-c4ncccc4F)cc3C1)CC2. The lowest BCUT2D eigenvalue weighted by molar-refractivity contribution is -0.122. The minimum atomic E-state index is -3.85. The Labute approximate surface area is 179 Å². The molecule has 3 aromatic rings. The van der Waals surface area contributed by atoms with Gasteiger partial charge in [-0.05, 0) is 66.3 Å². The summed E-state index contributed by atoms with van der Waals surface area (Å²) < 4.78 is 37.6. The van der Waals surface area contributed by atoms with Crippen LogP contribution in [0.5, 0.6) is 0 Å². The van der Waals surface area contributed by atoms with Gasteiger partial charge in [0.1, 0.15) is 11.5 Å². The number of amides is 1. The molecule has 1 aromatic heterocycles. The first kappa shape index (κ1) is 19.8. The zero-order valence-corrected chi connectivity index (χ0v) is 17.4. The first-order chi connectivity index (χ1) is 14.8. The summed E-state index contributed by atoms with van der Waals surface area (Å²) in [6, 6.07) is 13.3. The second-order valence-corrected chi connectivity index (χ2v) is 9.56. The molecule has 6 nitrogen and oxygen atoms in total. The highest BCUT2D eigenvalue weighted by molar-refractivity contribution is 7.89. The Kier molecular flexibility index (Phi) is 4.64. The fraction of sp³-hybridized carbons (Fsp3) is 0.217. The van der Waals surface area contributed by atoms with E-state index in [-0.39, 0.29) is 22.5 Å². The maximum Gasteiger partial charge on any atom is 0.238 e. The normalized spacial score (nSPS) is 17.5. The van der Waals surface area contributed by atoms with Crippen LogP contribution in [0.2, 0.25) is 0 Å². The number of halogens is 1. The van der Waals surface area contributed by atoms with Crippen LogP contribution >= 0.6 is 0 Å². The number of aromatic nitrogens is 1. The number of benzene rings is 2. The number of primary sulfonamides is 1. The monoisotopic (exact) mass is 437 g/mol. The van der Waals surface area contributed by atoms with Crippen LogP contribution in [0.1, 0.15) is 16.7 Å². The minimum absolute atomic E-state index is 0.00249. The van der Waals surface area contributed by atoms with Crippen LogP contribution in [0.3, 0.4) is 0 Å². The zero-order chi connectivity index (χ0) is 21.8. The fourth-order valence-electron chi connectivity index (χ4n) is 4.52. The second-order valence-electron chi connectivity index (χ2n) is 8.00. The van der Waals surface area contributed by atoms with E-state index >= 15 is 0 Å². The van der Waals surface area contributed by atoms with E-state index in [9.17, 15) is 17.6 Å². The average molecular weight is 437 g/mol. The summed E-state index contributed by atoms with van der Waals surface area (Å²) in [5.41, 5.74) is 4.61. The highest BCUT2D eigenvalue weighted by Crippen LogP contribution is 2.36. The molecule has 2 aromatic carbocycles. The van der Waals surface area contributed by atoms with Crippen molar-refractivity contribution in [2.45, 2.75) is 24.2 Å². The molecule has 0 saturated heterocycles. The number of carbonyl (C=O) groups is 1. The first-order valence-electron chi connectivity index (χ1n) is 10.0. The summed E-state index contributed by atoms with van der Waals surface area (Å²) in [7, 11) is -3.85. The molecule has 31 heavy (non-hydrogen) atoms. The molecule has 0 bridgehead atoms. The smallest absolute Gasteiger partial charge is 0.238 e. The molecule has 2 heterocycles. The van der Waals surface area contributed by atoms with Crippen molar-refractivity contribution in [3.63, 3.8) is 0 Å². The van der Waals surface area contributed by atoms with Gasteiger partial charge in [-0.15, -0.1) is 0 Å². The van der Waals surface area contributed by atoms with Crippen LogP contribution < -0.4 is 10.0 Å². The Morgan fingerprint density at radius 1 is 1.06 bits per heavy atom. The average Bonchev–Trinajstić information content (AvgIpc) is 3.36. The van der Waals surface area contributed by atoms with Gasteiger partial charge >= 0.3 is 0 Å². The molecular formula is C23H20FN3O3S. The Morgan fingerprint density at radius 3 is 2.61 bits per heavy atom. The van der Waals surface area contributed by atoms with Crippen LogP contribution in [0, 0.1) is 11.7 Å². The topological polar surface area (TPSA) is 93.4 Å². The van der Waals surface area contributed by atoms with Gasteiger partial charge in [0.2, 0.25) is 15.9 Å². The standard InChI is InChI=1S/C23H20FN3O3S/c24-20-2-1-8-26-22(20)16-4-3-15-10-18(12-17(15)11-16)23(28)27-9-7-14-5-6-19(13-21(14)27)31(25,29)30/h1-6,8,11,13,18H,7,9-10,12H2,(H2,25,29,30)/t18-/m1/s1. The van der Waals surface area contributed by atoms with E-state index < -0.39 is 10.0 Å². The molecule has 2 aliphatic rings. The molecule has 1 amide bonds. The predicted molar refractivity (Wildman–Crippen MR) is 114 cm³/mol. The number of nitrogens with zero attached hydrogens (tertiary/aromatic N) is 2. The molecule has 0 unspecified atom stereocenters. The highest BCUT2D eigenvalue weighted by Gasteiger charge is 2.34. The Hall–Kier alpha value is -3.10. The fourth-order valence-corrected chi connectivity index (χ4v) is 5.06. The van der Waals surface area contributed by atoms with Gasteiger partial charge in [0.15, 0.2) is 0 Å². The van der Waals surface area contributed by atoms with E-state index in [0.29, 0.717) is 42.8 Å². The van der Waals surface area contributed by atoms with Crippen molar-refractivity contribution in [2.75, 3.05) is 11.4 Å². The highest BCUT2D eigenvalue weighted by atomic mass is 32.2. The van der Waals surface area contributed by atoms with E-state index in [2.05, 4.69) is 4.98 Å². The third-order valence-electron chi connectivity index (χ3n) is 6.07. The third-order valence-corrected chi connectivity index (χ3v) is 6.98. The third kappa shape index (κ3) is 3.51. The van der Waals surface area contributed by atoms with Gasteiger partial charge in [-0.2, -0.15) is 0 Å². The molecule has 0 fully saturated rings. The van der Waals surface area contributed by atoms with Gasteiger partial charge in [0, 0.05) is 29.9 Å². The number of pyridine rings is 1. The summed E-state index contributed by atoms with van der Waals surface area (Å²) in [6.45, 7) is 0.513. The molecule has 1 aliphatic carbocycles. The van der Waals surface area contributed by atoms with E-state index in [1.54, 1.807) is 23.2 Å². The van der Waals surface area contributed by atoms with E-state index in [4.69, 9.17) is 5.14 Å². The van der Waals surface area contributed by atoms with Crippen molar-refractivity contribution in [1.29, 1.82) is 0 Å². The number of hydrogen-bond acceptors (Lipinski definition) is 4. The van der Waals surface area contributed by atoms with Crippen LogP contribution in [0.4, 0.5) is 10.1 Å². The van der Waals surface area contributed by atoms with Gasteiger partial charge in [-0.1, -0.05) is 18.2 Å². The molecule has 2 N–H and O–H groups in total. The molecule has 0 saturated carbocycles. The number of nitrogens with two attached hydrogens (primary N) is 1. The zero-order valence-electron chi connectivity index (χ0n) is 16.6. The van der Waals surface area contributed by atoms with Gasteiger partial charge < -0.3 is 4.90 Å². The lowest BCUT2D eigenvalue weighted by Crippen LogP contribution is -2.35. The number of carbonyl (C=O) groups excluding carboxylic acids is 1. The largest absolute Gasteiger partial charge is 0.312 e. The number of anilines is 1.